The summed E-state index contributed by atoms with van der Waals surface area (Å²) in [6.07, 6.45) is 6.24. The van der Waals surface area contributed by atoms with Gasteiger partial charge in [-0.25, -0.2) is 0 Å². The van der Waals surface area contributed by atoms with E-state index in [-0.39, 0.29) is 11.3 Å². The molecule has 25 heavy (non-hydrogen) atoms. The number of aryl methyl sites for hydroxylation is 2. The number of aromatic nitrogens is 3. The maximum absolute atomic E-state index is 12.6. The van der Waals surface area contributed by atoms with Crippen LogP contribution in [0.3, 0.4) is 0 Å². The quantitative estimate of drug-likeness (QED) is 0.724. The largest absolute Gasteiger partial charge is 0.350 e. The third-order valence-electron chi connectivity index (χ3n) is 4.56. The van der Waals surface area contributed by atoms with E-state index in [1.54, 1.807) is 12.4 Å². The first kappa shape index (κ1) is 16.1. The maximum Gasteiger partial charge on any atom is 0.224 e. The molecule has 1 aromatic carbocycles. The van der Waals surface area contributed by atoms with E-state index in [4.69, 9.17) is 0 Å². The number of rotatable bonds is 3. The minimum absolute atomic E-state index is 0.00968. The first-order valence-electron chi connectivity index (χ1n) is 8.36. The molecule has 128 valence electrons. The van der Waals surface area contributed by atoms with Crippen LogP contribution in [0.4, 0.5) is 0 Å². The van der Waals surface area contributed by atoms with Crippen LogP contribution < -0.4 is 0 Å². The summed E-state index contributed by atoms with van der Waals surface area (Å²) in [5.74, 6) is 1.03. The van der Waals surface area contributed by atoms with Crippen LogP contribution in [0, 0.1) is 6.92 Å². The van der Waals surface area contributed by atoms with Gasteiger partial charge in [0.1, 0.15) is 5.37 Å². The van der Waals surface area contributed by atoms with Crippen molar-refractivity contribution in [1.82, 2.24) is 19.4 Å². The molecular weight excluding hydrogens is 332 g/mol. The average molecular weight is 352 g/mol. The van der Waals surface area contributed by atoms with E-state index in [1.165, 1.54) is 16.5 Å². The number of para-hydroxylation sites is 1. The highest BCUT2D eigenvalue weighted by Gasteiger charge is 2.32. The number of amides is 1. The molecular formula is C19H20N4OS. The van der Waals surface area contributed by atoms with Crippen molar-refractivity contribution in [3.63, 3.8) is 0 Å². The third-order valence-corrected chi connectivity index (χ3v) is 5.82. The molecule has 4 rings (SSSR count). The van der Waals surface area contributed by atoms with Gasteiger partial charge in [-0.05, 0) is 13.0 Å². The van der Waals surface area contributed by atoms with E-state index >= 15 is 0 Å². The van der Waals surface area contributed by atoms with E-state index in [9.17, 15) is 4.79 Å². The highest BCUT2D eigenvalue weighted by Crippen LogP contribution is 2.41. The zero-order valence-electron chi connectivity index (χ0n) is 14.3. The van der Waals surface area contributed by atoms with Crippen molar-refractivity contribution in [1.29, 1.82) is 0 Å². The molecule has 1 unspecified atom stereocenters. The third kappa shape index (κ3) is 3.02. The molecule has 1 aliphatic heterocycles. The summed E-state index contributed by atoms with van der Waals surface area (Å²) in [5, 5.41) is 1.22. The lowest BCUT2D eigenvalue weighted by atomic mass is 10.1. The Hall–Kier alpha value is -2.34. The highest BCUT2D eigenvalue weighted by molar-refractivity contribution is 7.99. The Morgan fingerprint density at radius 2 is 2.08 bits per heavy atom. The Balaban J connectivity index is 1.72. The van der Waals surface area contributed by atoms with Gasteiger partial charge >= 0.3 is 0 Å². The molecule has 1 amide bonds. The number of thioether (sulfide) groups is 1. The van der Waals surface area contributed by atoms with E-state index in [0.717, 1.165) is 17.1 Å². The predicted octanol–water partition coefficient (Wildman–Crippen LogP) is 3.44. The molecule has 1 aliphatic rings. The lowest BCUT2D eigenvalue weighted by Crippen LogP contribution is -2.37. The van der Waals surface area contributed by atoms with E-state index in [2.05, 4.69) is 46.0 Å². The van der Waals surface area contributed by atoms with Crippen molar-refractivity contribution in [2.24, 2.45) is 7.05 Å². The molecule has 0 N–H and O–H groups in total. The summed E-state index contributed by atoms with van der Waals surface area (Å²) in [4.78, 5) is 23.3. The number of carbonyl (C=O) groups excluding carboxylic acids is 1. The molecule has 0 bridgehead atoms. The van der Waals surface area contributed by atoms with Crippen LogP contribution in [0.5, 0.6) is 0 Å². The molecule has 3 aromatic rings. The molecule has 5 nitrogen and oxygen atoms in total. The average Bonchev–Trinajstić information content (AvgIpc) is 2.96. The highest BCUT2D eigenvalue weighted by atomic mass is 32.2. The van der Waals surface area contributed by atoms with Gasteiger partial charge in [0.15, 0.2) is 0 Å². The monoisotopic (exact) mass is 352 g/mol. The van der Waals surface area contributed by atoms with E-state index in [0.29, 0.717) is 13.0 Å². The number of fused-ring (bicyclic) bond motifs is 1. The smallest absolute Gasteiger partial charge is 0.224 e. The summed E-state index contributed by atoms with van der Waals surface area (Å²) < 4.78 is 2.13. The molecule has 1 atom stereocenters. The van der Waals surface area contributed by atoms with Crippen molar-refractivity contribution >= 4 is 28.6 Å². The van der Waals surface area contributed by atoms with Crippen LogP contribution in [0.25, 0.3) is 10.9 Å². The SMILES string of the molecule is Cc1cnc(CN2C(=O)CCSC2c2cn(C)c3ccccc23)cn1. The van der Waals surface area contributed by atoms with Gasteiger partial charge in [0.2, 0.25) is 5.91 Å². The zero-order valence-corrected chi connectivity index (χ0v) is 15.2. The van der Waals surface area contributed by atoms with Gasteiger partial charge in [-0.1, -0.05) is 18.2 Å². The van der Waals surface area contributed by atoms with Crippen LogP contribution in [-0.4, -0.2) is 31.1 Å². The molecule has 1 fully saturated rings. The maximum atomic E-state index is 12.6. The Labute approximate surface area is 151 Å². The van der Waals surface area contributed by atoms with E-state index in [1.807, 2.05) is 29.7 Å². The summed E-state index contributed by atoms with van der Waals surface area (Å²) in [5.41, 5.74) is 4.09. The number of nitrogens with zero attached hydrogens (tertiary/aromatic N) is 4. The first-order valence-corrected chi connectivity index (χ1v) is 9.41. The fourth-order valence-corrected chi connectivity index (χ4v) is 4.55. The summed E-state index contributed by atoms with van der Waals surface area (Å²) in [7, 11) is 2.05. The van der Waals surface area contributed by atoms with Gasteiger partial charge in [-0.3, -0.25) is 14.8 Å². The van der Waals surface area contributed by atoms with Crippen LogP contribution in [-0.2, 0) is 18.4 Å². The second kappa shape index (κ2) is 6.52. The summed E-state index contributed by atoms with van der Waals surface area (Å²) >= 11 is 1.82. The number of carbonyl (C=O) groups is 1. The fourth-order valence-electron chi connectivity index (χ4n) is 3.30. The van der Waals surface area contributed by atoms with Crippen LogP contribution in [0.1, 0.15) is 28.7 Å². The Kier molecular flexibility index (Phi) is 4.21. The summed E-state index contributed by atoms with van der Waals surface area (Å²) in [6, 6.07) is 8.35. The fraction of sp³-hybridized carbons (Fsp3) is 0.316. The topological polar surface area (TPSA) is 51.0 Å². The second-order valence-corrected chi connectivity index (χ2v) is 7.54. The van der Waals surface area contributed by atoms with Crippen molar-refractivity contribution in [3.05, 3.63) is 59.8 Å². The first-order chi connectivity index (χ1) is 12.1. The molecule has 0 spiro atoms. The summed E-state index contributed by atoms with van der Waals surface area (Å²) in [6.45, 7) is 2.41. The van der Waals surface area contributed by atoms with Gasteiger partial charge < -0.3 is 9.47 Å². The van der Waals surface area contributed by atoms with Gasteiger partial charge in [0, 0.05) is 48.1 Å². The number of hydrogen-bond donors (Lipinski definition) is 0. The van der Waals surface area contributed by atoms with Crippen LogP contribution >= 0.6 is 11.8 Å². The lowest BCUT2D eigenvalue weighted by molar-refractivity contribution is -0.132. The van der Waals surface area contributed by atoms with Crippen LogP contribution in [0.2, 0.25) is 0 Å². The Bertz CT molecular complexity index is 919. The molecule has 0 saturated carbocycles. The molecule has 0 radical (unpaired) electrons. The molecule has 6 heteroatoms. The van der Waals surface area contributed by atoms with Gasteiger partial charge in [0.05, 0.1) is 24.1 Å². The molecule has 3 heterocycles. The number of hydrogen-bond acceptors (Lipinski definition) is 4. The van der Waals surface area contributed by atoms with Crippen molar-refractivity contribution < 1.29 is 4.79 Å². The number of benzene rings is 1. The van der Waals surface area contributed by atoms with Crippen molar-refractivity contribution in [2.75, 3.05) is 5.75 Å². The molecule has 2 aromatic heterocycles. The molecule has 1 saturated heterocycles. The zero-order chi connectivity index (χ0) is 17.4. The van der Waals surface area contributed by atoms with Crippen LogP contribution in [0.15, 0.2) is 42.9 Å². The van der Waals surface area contributed by atoms with E-state index < -0.39 is 0 Å². The van der Waals surface area contributed by atoms with Gasteiger partial charge in [0.25, 0.3) is 0 Å². The predicted molar refractivity (Wildman–Crippen MR) is 100 cm³/mol. The minimum Gasteiger partial charge on any atom is -0.350 e. The Morgan fingerprint density at radius 1 is 1.24 bits per heavy atom. The minimum atomic E-state index is 0.00968. The Morgan fingerprint density at radius 3 is 2.88 bits per heavy atom. The van der Waals surface area contributed by atoms with Crippen molar-refractivity contribution in [2.45, 2.75) is 25.3 Å². The molecule has 0 aliphatic carbocycles. The normalized spacial score (nSPS) is 18.1. The lowest BCUT2D eigenvalue weighted by Gasteiger charge is -2.35. The van der Waals surface area contributed by atoms with Gasteiger partial charge in [-0.2, -0.15) is 0 Å². The van der Waals surface area contributed by atoms with Gasteiger partial charge in [-0.15, -0.1) is 11.8 Å². The van der Waals surface area contributed by atoms with Crippen molar-refractivity contribution in [3.8, 4) is 0 Å². The standard InChI is InChI=1S/C19H20N4OS/c1-13-9-21-14(10-20-13)11-23-18(24)7-8-25-19(23)16-12-22(2)17-6-4-3-5-15(16)17/h3-6,9-10,12,19H,7-8,11H2,1-2H3. The second-order valence-electron chi connectivity index (χ2n) is 6.36.